The predicted molar refractivity (Wildman–Crippen MR) is 74.6 cm³/mol. The molecule has 0 bridgehead atoms. The number of fused-ring (bicyclic) bond motifs is 1. The number of hydrazine groups is 1. The van der Waals surface area contributed by atoms with Crippen molar-refractivity contribution in [2.24, 2.45) is 5.84 Å². The van der Waals surface area contributed by atoms with Gasteiger partial charge in [0.15, 0.2) is 0 Å². The van der Waals surface area contributed by atoms with Crippen LogP contribution in [0.1, 0.15) is 37.1 Å². The van der Waals surface area contributed by atoms with Gasteiger partial charge in [0.2, 0.25) is 0 Å². The number of benzene rings is 1. The summed E-state index contributed by atoms with van der Waals surface area (Å²) in [4.78, 5) is 0. The molecule has 3 N–H and O–H groups in total. The molecule has 1 fully saturated rings. The van der Waals surface area contributed by atoms with Gasteiger partial charge in [-0.3, -0.25) is 5.84 Å². The van der Waals surface area contributed by atoms with Crippen LogP contribution in [0.3, 0.4) is 0 Å². The van der Waals surface area contributed by atoms with Crippen molar-refractivity contribution in [1.29, 1.82) is 0 Å². The van der Waals surface area contributed by atoms with Gasteiger partial charge in [-0.15, -0.1) is 0 Å². The molecule has 2 heterocycles. The van der Waals surface area contributed by atoms with E-state index in [9.17, 15) is 0 Å². The van der Waals surface area contributed by atoms with Crippen LogP contribution in [0, 0.1) is 6.92 Å². The molecule has 102 valence electrons. The van der Waals surface area contributed by atoms with E-state index in [1.54, 1.807) is 0 Å². The molecule has 1 saturated heterocycles. The first-order valence-corrected chi connectivity index (χ1v) is 6.73. The highest BCUT2D eigenvalue weighted by molar-refractivity contribution is 5.81. The second kappa shape index (κ2) is 4.63. The Morgan fingerprint density at radius 2 is 2.26 bits per heavy atom. The Hall–Kier alpha value is -1.36. The van der Waals surface area contributed by atoms with Gasteiger partial charge in [-0.1, -0.05) is 18.2 Å². The zero-order chi connectivity index (χ0) is 13.5. The summed E-state index contributed by atoms with van der Waals surface area (Å²) < 4.78 is 11.9. The van der Waals surface area contributed by atoms with Crippen LogP contribution in [0.25, 0.3) is 11.0 Å². The SMILES string of the molecule is Cc1cccc2cc(C(NN)C3(C)CCCO3)oc12. The first-order chi connectivity index (χ1) is 9.14. The van der Waals surface area contributed by atoms with Crippen molar-refractivity contribution in [3.8, 4) is 0 Å². The molecule has 2 atom stereocenters. The Labute approximate surface area is 112 Å². The minimum absolute atomic E-state index is 0.123. The van der Waals surface area contributed by atoms with E-state index in [2.05, 4.69) is 24.5 Å². The summed E-state index contributed by atoms with van der Waals surface area (Å²) in [5, 5.41) is 1.11. The second-order valence-electron chi connectivity index (χ2n) is 5.51. The quantitative estimate of drug-likeness (QED) is 0.658. The van der Waals surface area contributed by atoms with Gasteiger partial charge in [-0.25, -0.2) is 5.43 Å². The zero-order valence-corrected chi connectivity index (χ0v) is 11.4. The van der Waals surface area contributed by atoms with E-state index in [0.29, 0.717) is 0 Å². The number of hydrogen-bond donors (Lipinski definition) is 2. The van der Waals surface area contributed by atoms with Crippen LogP contribution < -0.4 is 11.3 Å². The molecule has 2 unspecified atom stereocenters. The van der Waals surface area contributed by atoms with Crippen molar-refractivity contribution in [2.45, 2.75) is 38.3 Å². The normalized spacial score (nSPS) is 25.0. The van der Waals surface area contributed by atoms with Crippen molar-refractivity contribution in [3.05, 3.63) is 35.6 Å². The number of nitrogens with two attached hydrogens (primary N) is 1. The zero-order valence-electron chi connectivity index (χ0n) is 11.4. The minimum atomic E-state index is -0.295. The number of aryl methyl sites for hydroxylation is 1. The smallest absolute Gasteiger partial charge is 0.137 e. The number of para-hydroxylation sites is 1. The fourth-order valence-electron chi connectivity index (χ4n) is 2.96. The monoisotopic (exact) mass is 260 g/mol. The molecule has 1 aliphatic rings. The summed E-state index contributed by atoms with van der Waals surface area (Å²) in [7, 11) is 0. The Morgan fingerprint density at radius 1 is 1.42 bits per heavy atom. The Balaban J connectivity index is 2.04. The molecule has 0 saturated carbocycles. The molecule has 0 radical (unpaired) electrons. The van der Waals surface area contributed by atoms with Gasteiger partial charge in [0.25, 0.3) is 0 Å². The van der Waals surface area contributed by atoms with Crippen molar-refractivity contribution < 1.29 is 9.15 Å². The highest BCUT2D eigenvalue weighted by Gasteiger charge is 2.40. The molecule has 1 aliphatic heterocycles. The van der Waals surface area contributed by atoms with Crippen LogP contribution in [0.2, 0.25) is 0 Å². The summed E-state index contributed by atoms with van der Waals surface area (Å²) in [6, 6.07) is 8.08. The molecule has 1 aromatic carbocycles. The summed E-state index contributed by atoms with van der Waals surface area (Å²) >= 11 is 0. The molecule has 4 nitrogen and oxygen atoms in total. The van der Waals surface area contributed by atoms with Crippen molar-refractivity contribution in [3.63, 3.8) is 0 Å². The number of rotatable bonds is 3. The van der Waals surface area contributed by atoms with E-state index < -0.39 is 0 Å². The first-order valence-electron chi connectivity index (χ1n) is 6.73. The van der Waals surface area contributed by atoms with E-state index in [1.165, 1.54) is 0 Å². The third kappa shape index (κ3) is 2.06. The lowest BCUT2D eigenvalue weighted by Gasteiger charge is -2.31. The van der Waals surface area contributed by atoms with Gasteiger partial charge in [-0.2, -0.15) is 0 Å². The molecule has 0 aliphatic carbocycles. The Morgan fingerprint density at radius 3 is 2.89 bits per heavy atom. The molecular formula is C15H20N2O2. The van der Waals surface area contributed by atoms with Gasteiger partial charge in [-0.05, 0) is 38.3 Å². The second-order valence-corrected chi connectivity index (χ2v) is 5.51. The number of hydrogen-bond acceptors (Lipinski definition) is 4. The van der Waals surface area contributed by atoms with E-state index >= 15 is 0 Å². The lowest BCUT2D eigenvalue weighted by atomic mass is 9.91. The van der Waals surface area contributed by atoms with Gasteiger partial charge in [0.1, 0.15) is 17.4 Å². The molecule has 1 aromatic heterocycles. The van der Waals surface area contributed by atoms with Gasteiger partial charge in [0.05, 0.1) is 5.60 Å². The third-order valence-corrected chi connectivity index (χ3v) is 4.07. The van der Waals surface area contributed by atoms with Crippen molar-refractivity contribution in [2.75, 3.05) is 6.61 Å². The van der Waals surface area contributed by atoms with Crippen LogP contribution in [0.4, 0.5) is 0 Å². The van der Waals surface area contributed by atoms with E-state index in [4.69, 9.17) is 15.0 Å². The topological polar surface area (TPSA) is 60.4 Å². The van der Waals surface area contributed by atoms with Gasteiger partial charge in [0, 0.05) is 12.0 Å². The lowest BCUT2D eigenvalue weighted by Crippen LogP contribution is -2.44. The number of furan rings is 1. The average molecular weight is 260 g/mol. The van der Waals surface area contributed by atoms with Crippen LogP contribution >= 0.6 is 0 Å². The standard InChI is InChI=1S/C15H20N2O2/c1-10-5-3-6-11-9-12(19-13(10)11)14(17-16)15(2)7-4-8-18-15/h3,5-6,9,14,17H,4,7-8,16H2,1-2H3. The maximum Gasteiger partial charge on any atom is 0.137 e. The maximum atomic E-state index is 6.01. The first kappa shape index (κ1) is 12.7. The molecule has 19 heavy (non-hydrogen) atoms. The highest BCUT2D eigenvalue weighted by atomic mass is 16.5. The largest absolute Gasteiger partial charge is 0.459 e. The molecule has 2 aromatic rings. The summed E-state index contributed by atoms with van der Waals surface area (Å²) in [5.74, 6) is 6.58. The minimum Gasteiger partial charge on any atom is -0.459 e. The maximum absolute atomic E-state index is 6.01. The molecule has 3 rings (SSSR count). The van der Waals surface area contributed by atoms with Crippen molar-refractivity contribution >= 4 is 11.0 Å². The van der Waals surface area contributed by atoms with Crippen LogP contribution in [0.15, 0.2) is 28.7 Å². The fraction of sp³-hybridized carbons (Fsp3) is 0.467. The molecular weight excluding hydrogens is 240 g/mol. The van der Waals surface area contributed by atoms with E-state index in [-0.39, 0.29) is 11.6 Å². The lowest BCUT2D eigenvalue weighted by molar-refractivity contribution is -0.0178. The fourth-order valence-corrected chi connectivity index (χ4v) is 2.96. The Bertz CT molecular complexity index is 585. The van der Waals surface area contributed by atoms with Gasteiger partial charge < -0.3 is 9.15 Å². The molecule has 4 heteroatoms. The Kier molecular flexibility index (Phi) is 3.09. The number of ether oxygens (including phenoxy) is 1. The summed E-state index contributed by atoms with van der Waals surface area (Å²) in [5.41, 5.74) is 4.63. The molecule has 0 spiro atoms. The van der Waals surface area contributed by atoms with Crippen LogP contribution in [-0.2, 0) is 4.74 Å². The number of nitrogens with one attached hydrogen (secondary N) is 1. The highest BCUT2D eigenvalue weighted by Crippen LogP contribution is 2.39. The van der Waals surface area contributed by atoms with E-state index in [1.807, 2.05) is 19.1 Å². The van der Waals surface area contributed by atoms with Crippen molar-refractivity contribution in [1.82, 2.24) is 5.43 Å². The van der Waals surface area contributed by atoms with Crippen LogP contribution in [0.5, 0.6) is 0 Å². The average Bonchev–Trinajstić information content (AvgIpc) is 2.98. The van der Waals surface area contributed by atoms with Gasteiger partial charge >= 0.3 is 0 Å². The van der Waals surface area contributed by atoms with E-state index in [0.717, 1.165) is 41.7 Å². The molecule has 0 amide bonds. The van der Waals surface area contributed by atoms with Crippen LogP contribution in [-0.4, -0.2) is 12.2 Å². The summed E-state index contributed by atoms with van der Waals surface area (Å²) in [6.45, 7) is 4.92. The third-order valence-electron chi connectivity index (χ3n) is 4.07. The summed E-state index contributed by atoms with van der Waals surface area (Å²) in [6.07, 6.45) is 2.05. The predicted octanol–water partition coefficient (Wildman–Crippen LogP) is 2.81.